The van der Waals surface area contributed by atoms with Gasteiger partial charge in [0.05, 0.1) is 11.0 Å². The van der Waals surface area contributed by atoms with E-state index in [1.54, 1.807) is 0 Å². The lowest BCUT2D eigenvalue weighted by molar-refractivity contribution is 0.291. The van der Waals surface area contributed by atoms with Crippen LogP contribution in [0.4, 0.5) is 0 Å². The normalized spacial score (nSPS) is 11.2. The van der Waals surface area contributed by atoms with Crippen LogP contribution in [0.15, 0.2) is 91.0 Å². The summed E-state index contributed by atoms with van der Waals surface area (Å²) >= 11 is 0. The fraction of sp³-hybridized carbons (Fsp3) is 0.115. The minimum atomic E-state index is 0.429. The van der Waals surface area contributed by atoms with Gasteiger partial charge in [-0.1, -0.05) is 72.3 Å². The smallest absolute Gasteiger partial charge is 0.148 e. The number of fused-ring (bicyclic) bond motifs is 2. The van der Waals surface area contributed by atoms with Crippen molar-refractivity contribution in [3.05, 3.63) is 108 Å². The number of aromatic nitrogens is 2. The highest BCUT2D eigenvalue weighted by molar-refractivity contribution is 5.83. The molecule has 0 fully saturated rings. The maximum absolute atomic E-state index is 6.15. The third-order valence-electron chi connectivity index (χ3n) is 5.25. The van der Waals surface area contributed by atoms with E-state index in [9.17, 15) is 0 Å². The minimum Gasteiger partial charge on any atom is -0.486 e. The highest BCUT2D eigenvalue weighted by Crippen LogP contribution is 2.23. The zero-order valence-corrected chi connectivity index (χ0v) is 16.4. The van der Waals surface area contributed by atoms with Crippen molar-refractivity contribution in [2.75, 3.05) is 0 Å². The van der Waals surface area contributed by atoms with Gasteiger partial charge in [-0.3, -0.25) is 0 Å². The van der Waals surface area contributed by atoms with E-state index in [-0.39, 0.29) is 0 Å². The molecule has 0 spiro atoms. The Balaban J connectivity index is 1.47. The van der Waals surface area contributed by atoms with E-state index in [0.717, 1.165) is 29.2 Å². The Morgan fingerprint density at radius 3 is 2.52 bits per heavy atom. The fourth-order valence-corrected chi connectivity index (χ4v) is 3.81. The summed E-state index contributed by atoms with van der Waals surface area (Å²) in [6.07, 6.45) is 0. The van der Waals surface area contributed by atoms with Gasteiger partial charge < -0.3 is 9.30 Å². The summed E-state index contributed by atoms with van der Waals surface area (Å²) in [4.78, 5) is 4.85. The molecule has 0 atom stereocenters. The first-order valence-corrected chi connectivity index (χ1v) is 9.87. The topological polar surface area (TPSA) is 27.1 Å². The van der Waals surface area contributed by atoms with Crippen LogP contribution in [0, 0.1) is 6.92 Å². The predicted molar refractivity (Wildman–Crippen MR) is 118 cm³/mol. The lowest BCUT2D eigenvalue weighted by Gasteiger charge is -2.12. The number of ether oxygens (including phenoxy) is 1. The number of para-hydroxylation sites is 2. The summed E-state index contributed by atoms with van der Waals surface area (Å²) in [5, 5.41) is 2.39. The molecule has 0 saturated carbocycles. The average Bonchev–Trinajstić information content (AvgIpc) is 3.09. The maximum Gasteiger partial charge on any atom is 0.148 e. The van der Waals surface area contributed by atoms with Crippen molar-refractivity contribution in [3.8, 4) is 5.75 Å². The monoisotopic (exact) mass is 378 g/mol. The summed E-state index contributed by atoms with van der Waals surface area (Å²) in [5.41, 5.74) is 4.66. The molecule has 0 unspecified atom stereocenters. The molecule has 5 aromatic rings. The molecule has 0 radical (unpaired) electrons. The van der Waals surface area contributed by atoms with E-state index in [0.29, 0.717) is 6.61 Å². The van der Waals surface area contributed by atoms with E-state index in [1.165, 1.54) is 21.9 Å². The van der Waals surface area contributed by atoms with Crippen LogP contribution >= 0.6 is 0 Å². The summed E-state index contributed by atoms with van der Waals surface area (Å²) in [6, 6.07) is 31.4. The Morgan fingerprint density at radius 2 is 1.62 bits per heavy atom. The Bertz CT molecular complexity index is 1300. The molecule has 0 aliphatic carbocycles. The first-order valence-electron chi connectivity index (χ1n) is 9.87. The van der Waals surface area contributed by atoms with Crippen LogP contribution in [0.1, 0.15) is 17.0 Å². The van der Waals surface area contributed by atoms with E-state index in [1.807, 2.05) is 18.2 Å². The first kappa shape index (κ1) is 17.5. The zero-order valence-electron chi connectivity index (χ0n) is 16.4. The second-order valence-electron chi connectivity index (χ2n) is 7.39. The number of aryl methyl sites for hydroxylation is 1. The van der Waals surface area contributed by atoms with Gasteiger partial charge in [0.25, 0.3) is 0 Å². The molecule has 0 amide bonds. The van der Waals surface area contributed by atoms with Crippen LogP contribution in [0.5, 0.6) is 5.75 Å². The van der Waals surface area contributed by atoms with Gasteiger partial charge in [0.1, 0.15) is 18.2 Å². The van der Waals surface area contributed by atoms with Crippen molar-refractivity contribution in [2.45, 2.75) is 20.1 Å². The third kappa shape index (κ3) is 3.59. The first-order chi connectivity index (χ1) is 14.3. The summed E-state index contributed by atoms with van der Waals surface area (Å²) in [6.45, 7) is 3.33. The standard InChI is InChI=1S/C26H22N2O/c1-19-7-6-8-20(15-19)17-28-25-12-5-4-11-24(25)27-26(28)18-29-23-14-13-21-9-2-3-10-22(21)16-23/h2-16H,17-18H2,1H3. The van der Waals surface area contributed by atoms with E-state index >= 15 is 0 Å². The number of imidazole rings is 1. The van der Waals surface area contributed by atoms with Crippen molar-refractivity contribution in [1.29, 1.82) is 0 Å². The van der Waals surface area contributed by atoms with Crippen LogP contribution < -0.4 is 4.74 Å². The van der Waals surface area contributed by atoms with Crippen LogP contribution in [0.3, 0.4) is 0 Å². The van der Waals surface area contributed by atoms with Gasteiger partial charge in [0, 0.05) is 6.54 Å². The van der Waals surface area contributed by atoms with Crippen molar-refractivity contribution in [3.63, 3.8) is 0 Å². The van der Waals surface area contributed by atoms with Crippen molar-refractivity contribution < 1.29 is 4.74 Å². The lowest BCUT2D eigenvalue weighted by atomic mass is 10.1. The minimum absolute atomic E-state index is 0.429. The number of benzene rings is 4. The highest BCUT2D eigenvalue weighted by Gasteiger charge is 2.12. The molecule has 4 aromatic carbocycles. The molecule has 3 nitrogen and oxygen atoms in total. The Kier molecular flexibility index (Phi) is 4.49. The molecule has 0 bridgehead atoms. The number of nitrogens with zero attached hydrogens (tertiary/aromatic N) is 2. The molecule has 0 saturated heterocycles. The van der Waals surface area contributed by atoms with Crippen LogP contribution in [-0.2, 0) is 13.2 Å². The lowest BCUT2D eigenvalue weighted by Crippen LogP contribution is -2.08. The molecule has 3 heteroatoms. The second kappa shape index (κ2) is 7.44. The van der Waals surface area contributed by atoms with E-state index in [2.05, 4.69) is 84.3 Å². The fourth-order valence-electron chi connectivity index (χ4n) is 3.81. The highest BCUT2D eigenvalue weighted by atomic mass is 16.5. The Hall–Kier alpha value is -3.59. The quantitative estimate of drug-likeness (QED) is 0.368. The SMILES string of the molecule is Cc1cccc(Cn2c(COc3ccc4ccccc4c3)nc3ccccc32)c1. The molecule has 5 rings (SSSR count). The molecule has 0 aliphatic heterocycles. The number of hydrogen-bond donors (Lipinski definition) is 0. The molecular weight excluding hydrogens is 356 g/mol. The summed E-state index contributed by atoms with van der Waals surface area (Å²) < 4.78 is 8.40. The average molecular weight is 378 g/mol. The number of rotatable bonds is 5. The van der Waals surface area contributed by atoms with Crippen molar-refractivity contribution in [1.82, 2.24) is 9.55 Å². The summed E-state index contributed by atoms with van der Waals surface area (Å²) in [5.74, 6) is 1.79. The Labute approximate surface area is 170 Å². The van der Waals surface area contributed by atoms with Gasteiger partial charge in [-0.2, -0.15) is 0 Å². The molecule has 0 aliphatic rings. The number of hydrogen-bond acceptors (Lipinski definition) is 2. The van der Waals surface area contributed by atoms with Gasteiger partial charge in [-0.25, -0.2) is 4.98 Å². The molecule has 1 heterocycles. The molecule has 29 heavy (non-hydrogen) atoms. The predicted octanol–water partition coefficient (Wildman–Crippen LogP) is 6.13. The van der Waals surface area contributed by atoms with E-state index < -0.39 is 0 Å². The van der Waals surface area contributed by atoms with Gasteiger partial charge >= 0.3 is 0 Å². The molecule has 0 N–H and O–H groups in total. The van der Waals surface area contributed by atoms with Gasteiger partial charge in [-0.05, 0) is 47.5 Å². The molecular formula is C26H22N2O. The van der Waals surface area contributed by atoms with Gasteiger partial charge in [-0.15, -0.1) is 0 Å². The molecule has 142 valence electrons. The van der Waals surface area contributed by atoms with Crippen LogP contribution in [0.2, 0.25) is 0 Å². The summed E-state index contributed by atoms with van der Waals surface area (Å²) in [7, 11) is 0. The third-order valence-corrected chi connectivity index (χ3v) is 5.25. The van der Waals surface area contributed by atoms with Crippen molar-refractivity contribution >= 4 is 21.8 Å². The zero-order chi connectivity index (χ0) is 19.6. The van der Waals surface area contributed by atoms with Gasteiger partial charge in [0.2, 0.25) is 0 Å². The van der Waals surface area contributed by atoms with Gasteiger partial charge in [0.15, 0.2) is 0 Å². The van der Waals surface area contributed by atoms with Crippen LogP contribution in [0.25, 0.3) is 21.8 Å². The molecule has 1 aromatic heterocycles. The van der Waals surface area contributed by atoms with Crippen molar-refractivity contribution in [2.24, 2.45) is 0 Å². The van der Waals surface area contributed by atoms with E-state index in [4.69, 9.17) is 9.72 Å². The second-order valence-corrected chi connectivity index (χ2v) is 7.39. The van der Waals surface area contributed by atoms with Crippen LogP contribution in [-0.4, -0.2) is 9.55 Å². The maximum atomic E-state index is 6.15. The largest absolute Gasteiger partial charge is 0.486 e. The Morgan fingerprint density at radius 1 is 0.793 bits per heavy atom.